The van der Waals surface area contributed by atoms with E-state index in [1.165, 1.54) is 18.3 Å². The summed E-state index contributed by atoms with van der Waals surface area (Å²) in [6.07, 6.45) is -2.99. The summed E-state index contributed by atoms with van der Waals surface area (Å²) in [7, 11) is 0. The molecule has 1 nitrogen and oxygen atoms in total. The van der Waals surface area contributed by atoms with Crippen LogP contribution in [0.2, 0.25) is 5.02 Å². The van der Waals surface area contributed by atoms with E-state index in [1.54, 1.807) is 6.07 Å². The van der Waals surface area contributed by atoms with Gasteiger partial charge in [-0.05, 0) is 18.2 Å². The quantitative estimate of drug-likeness (QED) is 0.744. The molecule has 0 saturated carbocycles. The molecule has 17 heavy (non-hydrogen) atoms. The summed E-state index contributed by atoms with van der Waals surface area (Å²) in [5.41, 5.74) is -0.0165. The molecule has 0 aliphatic rings. The van der Waals surface area contributed by atoms with Crippen LogP contribution in [0.1, 0.15) is 5.56 Å². The van der Waals surface area contributed by atoms with Crippen molar-refractivity contribution in [3.63, 3.8) is 0 Å². The molecule has 2 aromatic rings. The molecule has 0 saturated heterocycles. The number of hydrogen-bond donors (Lipinski definition) is 0. The van der Waals surface area contributed by atoms with Crippen LogP contribution in [0, 0.1) is 6.07 Å². The average molecular weight is 257 g/mol. The maximum absolute atomic E-state index is 12.5. The molecule has 2 rings (SSSR count). The van der Waals surface area contributed by atoms with Gasteiger partial charge in [-0.1, -0.05) is 23.7 Å². The highest BCUT2D eigenvalue weighted by atomic mass is 35.5. The predicted octanol–water partition coefficient (Wildman–Crippen LogP) is 4.22. The number of alkyl halides is 3. The van der Waals surface area contributed by atoms with E-state index in [9.17, 15) is 13.2 Å². The molecule has 1 heterocycles. The van der Waals surface area contributed by atoms with Gasteiger partial charge in [0.1, 0.15) is 0 Å². The SMILES string of the molecule is FC(F)(F)c1cccc(-c2[c]cc(Cl)cn2)c1. The highest BCUT2D eigenvalue weighted by Crippen LogP contribution is 2.31. The highest BCUT2D eigenvalue weighted by molar-refractivity contribution is 6.30. The summed E-state index contributed by atoms with van der Waals surface area (Å²) in [6.45, 7) is 0. The molecule has 0 atom stereocenters. The monoisotopic (exact) mass is 256 g/mol. The van der Waals surface area contributed by atoms with Crippen LogP contribution in [-0.2, 0) is 6.18 Å². The Balaban J connectivity index is 2.43. The van der Waals surface area contributed by atoms with Gasteiger partial charge in [0.2, 0.25) is 0 Å². The third kappa shape index (κ3) is 2.77. The predicted molar refractivity (Wildman–Crippen MR) is 58.5 cm³/mol. The molecule has 0 N–H and O–H groups in total. The Morgan fingerprint density at radius 2 is 2.00 bits per heavy atom. The lowest BCUT2D eigenvalue weighted by Gasteiger charge is -2.08. The lowest BCUT2D eigenvalue weighted by molar-refractivity contribution is -0.137. The third-order valence-electron chi connectivity index (χ3n) is 2.13. The second-order valence-corrected chi connectivity index (χ2v) is 3.80. The van der Waals surface area contributed by atoms with Gasteiger partial charge in [-0.25, -0.2) is 0 Å². The highest BCUT2D eigenvalue weighted by Gasteiger charge is 2.30. The van der Waals surface area contributed by atoms with Crippen LogP contribution in [0.4, 0.5) is 13.2 Å². The lowest BCUT2D eigenvalue weighted by Crippen LogP contribution is -2.04. The minimum Gasteiger partial charge on any atom is -0.254 e. The summed E-state index contributed by atoms with van der Waals surface area (Å²) in [5, 5.41) is 0.390. The zero-order chi connectivity index (χ0) is 12.5. The molecule has 0 aliphatic carbocycles. The minimum absolute atomic E-state index is 0.334. The Bertz CT molecular complexity index is 520. The molecule has 0 amide bonds. The van der Waals surface area contributed by atoms with Crippen LogP contribution in [-0.4, -0.2) is 4.98 Å². The summed E-state index contributed by atoms with van der Waals surface area (Å²) < 4.78 is 37.5. The van der Waals surface area contributed by atoms with Crippen molar-refractivity contribution in [2.45, 2.75) is 6.18 Å². The van der Waals surface area contributed by atoms with E-state index in [-0.39, 0.29) is 0 Å². The minimum atomic E-state index is -4.36. The van der Waals surface area contributed by atoms with E-state index in [2.05, 4.69) is 11.1 Å². The van der Waals surface area contributed by atoms with Gasteiger partial charge < -0.3 is 0 Å². The van der Waals surface area contributed by atoms with Crippen molar-refractivity contribution in [2.75, 3.05) is 0 Å². The van der Waals surface area contributed by atoms with E-state index in [1.807, 2.05) is 0 Å². The van der Waals surface area contributed by atoms with Crippen LogP contribution in [0.25, 0.3) is 11.3 Å². The number of nitrogens with zero attached hydrogens (tertiary/aromatic N) is 1. The molecular formula is C12H6ClF3N. The average Bonchev–Trinajstić information content (AvgIpc) is 2.29. The molecule has 0 unspecified atom stereocenters. The second-order valence-electron chi connectivity index (χ2n) is 3.36. The molecule has 1 aromatic carbocycles. The molecule has 0 aliphatic heterocycles. The van der Waals surface area contributed by atoms with Crippen molar-refractivity contribution in [1.82, 2.24) is 4.98 Å². The third-order valence-corrected chi connectivity index (χ3v) is 2.33. The van der Waals surface area contributed by atoms with Gasteiger partial charge >= 0.3 is 6.18 Å². The Morgan fingerprint density at radius 3 is 2.59 bits per heavy atom. The fraction of sp³-hybridized carbons (Fsp3) is 0.0833. The summed E-state index contributed by atoms with van der Waals surface area (Å²) in [6, 6.07) is 9.11. The van der Waals surface area contributed by atoms with Gasteiger partial charge in [0.25, 0.3) is 0 Å². The van der Waals surface area contributed by atoms with E-state index in [4.69, 9.17) is 11.6 Å². The Morgan fingerprint density at radius 1 is 1.24 bits per heavy atom. The van der Waals surface area contributed by atoms with Gasteiger partial charge in [0.15, 0.2) is 0 Å². The Hall–Kier alpha value is -1.55. The normalized spacial score (nSPS) is 11.5. The molecule has 1 aromatic heterocycles. The first-order valence-electron chi connectivity index (χ1n) is 4.68. The van der Waals surface area contributed by atoms with Crippen molar-refractivity contribution in [2.24, 2.45) is 0 Å². The fourth-order valence-corrected chi connectivity index (χ4v) is 1.44. The van der Waals surface area contributed by atoms with Gasteiger partial charge in [-0.2, -0.15) is 13.2 Å². The van der Waals surface area contributed by atoms with Crippen LogP contribution in [0.3, 0.4) is 0 Å². The molecule has 0 fully saturated rings. The molecule has 1 radical (unpaired) electrons. The van der Waals surface area contributed by atoms with Gasteiger partial charge in [-0.15, -0.1) is 0 Å². The van der Waals surface area contributed by atoms with E-state index >= 15 is 0 Å². The lowest BCUT2D eigenvalue weighted by atomic mass is 10.1. The van der Waals surface area contributed by atoms with Gasteiger partial charge in [0.05, 0.1) is 16.3 Å². The topological polar surface area (TPSA) is 12.9 Å². The number of aromatic nitrogens is 1. The molecule has 0 bridgehead atoms. The molecular weight excluding hydrogens is 251 g/mol. The zero-order valence-electron chi connectivity index (χ0n) is 8.42. The molecule has 87 valence electrons. The van der Waals surface area contributed by atoms with Crippen molar-refractivity contribution in [3.05, 3.63) is 53.2 Å². The van der Waals surface area contributed by atoms with Gasteiger partial charge in [-0.3, -0.25) is 4.98 Å². The number of pyridine rings is 1. The largest absolute Gasteiger partial charge is 0.416 e. The van der Waals surface area contributed by atoms with Crippen LogP contribution < -0.4 is 0 Å². The summed E-state index contributed by atoms with van der Waals surface area (Å²) >= 11 is 5.63. The van der Waals surface area contributed by atoms with Crippen molar-refractivity contribution >= 4 is 11.6 Å². The van der Waals surface area contributed by atoms with Crippen molar-refractivity contribution < 1.29 is 13.2 Å². The second kappa shape index (κ2) is 4.37. The first-order chi connectivity index (χ1) is 7.97. The van der Waals surface area contributed by atoms with E-state index in [0.29, 0.717) is 16.3 Å². The van der Waals surface area contributed by atoms with Crippen molar-refractivity contribution in [3.8, 4) is 11.3 Å². The molecule has 5 heteroatoms. The number of halogens is 4. The van der Waals surface area contributed by atoms with Crippen LogP contribution in [0.5, 0.6) is 0 Å². The summed E-state index contributed by atoms with van der Waals surface area (Å²) in [5.74, 6) is 0. The maximum atomic E-state index is 12.5. The first-order valence-corrected chi connectivity index (χ1v) is 5.05. The Labute approximate surface area is 101 Å². The fourth-order valence-electron chi connectivity index (χ4n) is 1.34. The summed E-state index contributed by atoms with van der Waals surface area (Å²) in [4.78, 5) is 3.92. The molecule has 0 spiro atoms. The van der Waals surface area contributed by atoms with Crippen molar-refractivity contribution in [1.29, 1.82) is 0 Å². The number of rotatable bonds is 1. The maximum Gasteiger partial charge on any atom is 0.416 e. The van der Waals surface area contributed by atoms with E-state index < -0.39 is 11.7 Å². The van der Waals surface area contributed by atoms with Crippen LogP contribution in [0.15, 0.2) is 36.5 Å². The first kappa shape index (κ1) is 11.9. The van der Waals surface area contributed by atoms with Crippen LogP contribution >= 0.6 is 11.6 Å². The van der Waals surface area contributed by atoms with E-state index in [0.717, 1.165) is 12.1 Å². The number of hydrogen-bond acceptors (Lipinski definition) is 1. The van der Waals surface area contributed by atoms with Gasteiger partial charge in [0, 0.05) is 17.8 Å². The smallest absolute Gasteiger partial charge is 0.254 e. The standard InChI is InChI=1S/C12H6ClF3N/c13-10-4-5-11(17-7-10)8-2-1-3-9(6-8)12(14,15)16/h1-4,6-7H. The Kier molecular flexibility index (Phi) is 3.07. The zero-order valence-corrected chi connectivity index (χ0v) is 9.18. The number of benzene rings is 1.